The Morgan fingerprint density at radius 3 is 2.23 bits per heavy atom. The first-order valence-electron chi connectivity index (χ1n) is 9.59. The molecule has 1 aliphatic rings. The number of aliphatic hydroxyl groups is 1. The van der Waals surface area contributed by atoms with Crippen molar-refractivity contribution in [2.24, 2.45) is 0 Å². The number of hydrogen-bond acceptors (Lipinski definition) is 5. The fourth-order valence-electron chi connectivity index (χ4n) is 3.73. The molecule has 1 aliphatic heterocycles. The van der Waals surface area contributed by atoms with Gasteiger partial charge >= 0.3 is 0 Å². The first kappa shape index (κ1) is 20.0. The summed E-state index contributed by atoms with van der Waals surface area (Å²) in [5.41, 5.74) is 1.30. The van der Waals surface area contributed by atoms with Gasteiger partial charge in [0.2, 0.25) is 0 Å². The quantitative estimate of drug-likeness (QED) is 0.222. The summed E-state index contributed by atoms with van der Waals surface area (Å²) in [6.45, 7) is 0.115. The second-order valence-electron chi connectivity index (χ2n) is 7.13. The summed E-state index contributed by atoms with van der Waals surface area (Å²) in [4.78, 5) is 38.0. The minimum Gasteiger partial charge on any atom is -0.507 e. The van der Waals surface area contributed by atoms with Gasteiger partial charge in [-0.05, 0) is 11.1 Å². The summed E-state index contributed by atoms with van der Waals surface area (Å²) in [6, 6.07) is 22.4. The lowest BCUT2D eigenvalue weighted by Gasteiger charge is -2.25. The number of nitrogens with zero attached hydrogens (tertiary/aromatic N) is 2. The van der Waals surface area contributed by atoms with Gasteiger partial charge in [-0.1, -0.05) is 72.8 Å². The van der Waals surface area contributed by atoms with Crippen LogP contribution in [-0.4, -0.2) is 26.6 Å². The van der Waals surface area contributed by atoms with E-state index in [9.17, 15) is 24.8 Å². The van der Waals surface area contributed by atoms with E-state index in [0.717, 1.165) is 5.56 Å². The van der Waals surface area contributed by atoms with Gasteiger partial charge in [-0.2, -0.15) is 0 Å². The van der Waals surface area contributed by atoms with Crippen molar-refractivity contribution >= 4 is 23.1 Å². The Hall–Kier alpha value is -4.26. The molecule has 0 unspecified atom stereocenters. The molecule has 1 amide bonds. The molecule has 0 spiro atoms. The number of nitro groups is 1. The number of benzene rings is 3. The van der Waals surface area contributed by atoms with Gasteiger partial charge in [-0.3, -0.25) is 19.7 Å². The van der Waals surface area contributed by atoms with Gasteiger partial charge in [0.05, 0.1) is 16.5 Å². The number of rotatable bonds is 5. The highest BCUT2D eigenvalue weighted by Crippen LogP contribution is 2.41. The van der Waals surface area contributed by atoms with Crippen LogP contribution in [0.3, 0.4) is 0 Å². The van der Waals surface area contributed by atoms with Crippen LogP contribution < -0.4 is 0 Å². The number of carbonyl (C=O) groups excluding carboxylic acids is 2. The van der Waals surface area contributed by atoms with E-state index < -0.39 is 22.7 Å². The van der Waals surface area contributed by atoms with Gasteiger partial charge in [0, 0.05) is 24.2 Å². The maximum Gasteiger partial charge on any atom is 0.295 e. The van der Waals surface area contributed by atoms with Crippen LogP contribution in [0.5, 0.6) is 0 Å². The van der Waals surface area contributed by atoms with Crippen molar-refractivity contribution < 1.29 is 19.6 Å². The molecule has 1 saturated heterocycles. The normalized spacial score (nSPS) is 17.7. The lowest BCUT2D eigenvalue weighted by atomic mass is 9.95. The molecule has 7 heteroatoms. The van der Waals surface area contributed by atoms with Crippen molar-refractivity contribution in [2.45, 2.75) is 12.6 Å². The zero-order valence-electron chi connectivity index (χ0n) is 16.3. The molecule has 4 rings (SSSR count). The Labute approximate surface area is 178 Å². The monoisotopic (exact) mass is 414 g/mol. The molecule has 0 aliphatic carbocycles. The standard InChI is InChI=1S/C24H18N2O5/c27-22(17-10-5-2-6-11-17)20-21(18-12-7-13-19(14-18)26(30)31)25(24(29)23(20)28)15-16-8-3-1-4-9-16/h1-14,21,27H,15H2/t21-/m0/s1. The molecule has 154 valence electrons. The number of carbonyl (C=O) groups is 2. The second kappa shape index (κ2) is 8.23. The molecule has 0 aromatic heterocycles. The Bertz CT molecular complexity index is 1190. The molecule has 1 N–H and O–H groups in total. The van der Waals surface area contributed by atoms with Gasteiger partial charge < -0.3 is 10.0 Å². The van der Waals surface area contributed by atoms with Crippen molar-refractivity contribution in [1.29, 1.82) is 0 Å². The Morgan fingerprint density at radius 1 is 0.935 bits per heavy atom. The topological polar surface area (TPSA) is 101 Å². The molecule has 0 bridgehead atoms. The van der Waals surface area contributed by atoms with E-state index in [1.54, 1.807) is 36.4 Å². The minimum absolute atomic E-state index is 0.0902. The molecular weight excluding hydrogens is 396 g/mol. The number of amides is 1. The SMILES string of the molecule is O=C1C(=O)N(Cc2ccccc2)[C@@H](c2cccc([N+](=O)[O-])c2)C1=C(O)c1ccccc1. The predicted octanol–water partition coefficient (Wildman–Crippen LogP) is 4.22. The number of likely N-dealkylation sites (tertiary alicyclic amines) is 1. The summed E-state index contributed by atoms with van der Waals surface area (Å²) in [5, 5.41) is 22.3. The Morgan fingerprint density at radius 2 is 1.58 bits per heavy atom. The third kappa shape index (κ3) is 3.81. The third-order valence-corrected chi connectivity index (χ3v) is 5.18. The molecule has 0 saturated carbocycles. The minimum atomic E-state index is -0.958. The zero-order chi connectivity index (χ0) is 22.0. The summed E-state index contributed by atoms with van der Waals surface area (Å²) >= 11 is 0. The molecule has 3 aromatic carbocycles. The van der Waals surface area contributed by atoms with E-state index in [-0.39, 0.29) is 23.6 Å². The van der Waals surface area contributed by atoms with Gasteiger partial charge in [0.25, 0.3) is 17.4 Å². The largest absolute Gasteiger partial charge is 0.507 e. The van der Waals surface area contributed by atoms with Crippen LogP contribution in [0.2, 0.25) is 0 Å². The third-order valence-electron chi connectivity index (χ3n) is 5.18. The molecule has 0 radical (unpaired) electrons. The maximum absolute atomic E-state index is 13.0. The van der Waals surface area contributed by atoms with Crippen LogP contribution >= 0.6 is 0 Å². The van der Waals surface area contributed by atoms with Crippen molar-refractivity contribution in [3.05, 3.63) is 117 Å². The van der Waals surface area contributed by atoms with E-state index in [4.69, 9.17) is 0 Å². The van der Waals surface area contributed by atoms with Crippen LogP contribution in [0, 0.1) is 10.1 Å². The fraction of sp³-hybridized carbons (Fsp3) is 0.0833. The number of non-ortho nitro benzene ring substituents is 1. The van der Waals surface area contributed by atoms with Crippen LogP contribution in [0.4, 0.5) is 5.69 Å². The lowest BCUT2D eigenvalue weighted by molar-refractivity contribution is -0.384. The number of ketones is 1. The molecule has 1 atom stereocenters. The smallest absolute Gasteiger partial charge is 0.295 e. The fourth-order valence-corrected chi connectivity index (χ4v) is 3.73. The van der Waals surface area contributed by atoms with Crippen molar-refractivity contribution in [2.75, 3.05) is 0 Å². The van der Waals surface area contributed by atoms with Crippen molar-refractivity contribution in [3.8, 4) is 0 Å². The average Bonchev–Trinajstić information content (AvgIpc) is 3.05. The zero-order valence-corrected chi connectivity index (χ0v) is 16.3. The molecule has 31 heavy (non-hydrogen) atoms. The maximum atomic E-state index is 13.0. The number of aliphatic hydroxyl groups excluding tert-OH is 1. The summed E-state index contributed by atoms with van der Waals surface area (Å²) in [6.07, 6.45) is 0. The van der Waals surface area contributed by atoms with Crippen LogP contribution in [0.25, 0.3) is 5.76 Å². The first-order valence-corrected chi connectivity index (χ1v) is 9.59. The van der Waals surface area contributed by atoms with Gasteiger partial charge in [-0.15, -0.1) is 0 Å². The first-order chi connectivity index (χ1) is 15.0. The highest BCUT2D eigenvalue weighted by atomic mass is 16.6. The molecule has 1 heterocycles. The summed E-state index contributed by atoms with van der Waals surface area (Å²) in [7, 11) is 0. The number of hydrogen-bond donors (Lipinski definition) is 1. The summed E-state index contributed by atoms with van der Waals surface area (Å²) < 4.78 is 0. The highest BCUT2D eigenvalue weighted by molar-refractivity contribution is 6.46. The van der Waals surface area contributed by atoms with Crippen LogP contribution in [-0.2, 0) is 16.1 Å². The number of Topliss-reactive ketones (excluding diaryl/α,β-unsaturated/α-hetero) is 1. The summed E-state index contributed by atoms with van der Waals surface area (Å²) in [5.74, 6) is -1.90. The average molecular weight is 414 g/mol. The predicted molar refractivity (Wildman–Crippen MR) is 114 cm³/mol. The second-order valence-corrected chi connectivity index (χ2v) is 7.13. The Kier molecular flexibility index (Phi) is 5.32. The van der Waals surface area contributed by atoms with Crippen LogP contribution in [0.1, 0.15) is 22.7 Å². The van der Waals surface area contributed by atoms with Crippen molar-refractivity contribution in [1.82, 2.24) is 4.90 Å². The van der Waals surface area contributed by atoms with Gasteiger partial charge in [0.15, 0.2) is 0 Å². The molecule has 7 nitrogen and oxygen atoms in total. The lowest BCUT2D eigenvalue weighted by Crippen LogP contribution is -2.29. The van der Waals surface area contributed by atoms with E-state index in [2.05, 4.69) is 0 Å². The van der Waals surface area contributed by atoms with E-state index in [1.165, 1.54) is 23.1 Å². The van der Waals surface area contributed by atoms with Gasteiger partial charge in [0.1, 0.15) is 5.76 Å². The Balaban J connectivity index is 1.89. The van der Waals surface area contributed by atoms with Crippen molar-refractivity contribution in [3.63, 3.8) is 0 Å². The number of nitro benzene ring substituents is 1. The van der Waals surface area contributed by atoms with E-state index in [1.807, 2.05) is 30.3 Å². The highest BCUT2D eigenvalue weighted by Gasteiger charge is 2.46. The molecule has 1 fully saturated rings. The van der Waals surface area contributed by atoms with E-state index in [0.29, 0.717) is 11.1 Å². The molecular formula is C24H18N2O5. The van der Waals surface area contributed by atoms with Gasteiger partial charge in [-0.25, -0.2) is 0 Å². The van der Waals surface area contributed by atoms with Crippen LogP contribution in [0.15, 0.2) is 90.5 Å². The van der Waals surface area contributed by atoms with E-state index >= 15 is 0 Å². The molecule has 3 aromatic rings.